The second-order valence-corrected chi connectivity index (χ2v) is 8.37. The summed E-state index contributed by atoms with van der Waals surface area (Å²) in [7, 11) is 4.79. The molecule has 0 bridgehead atoms. The summed E-state index contributed by atoms with van der Waals surface area (Å²) in [5.74, 6) is 2.41. The molecular weight excluding hydrogens is 450 g/mol. The molecule has 4 rings (SSSR count). The number of allylic oxidation sites excluding steroid dienone is 1. The molecule has 0 amide bonds. The average Bonchev–Trinajstić information content (AvgIpc) is 3.19. The van der Waals surface area contributed by atoms with Crippen molar-refractivity contribution in [3.05, 3.63) is 59.9 Å². The Labute approximate surface area is 205 Å². The third-order valence-electron chi connectivity index (χ3n) is 5.99. The largest absolute Gasteiger partial charge is 0.493 e. The van der Waals surface area contributed by atoms with Crippen LogP contribution in [0.15, 0.2) is 55.1 Å². The van der Waals surface area contributed by atoms with Crippen molar-refractivity contribution in [2.24, 2.45) is 0 Å². The van der Waals surface area contributed by atoms with Crippen molar-refractivity contribution in [2.45, 2.75) is 13.2 Å². The van der Waals surface area contributed by atoms with E-state index in [0.717, 1.165) is 37.6 Å². The minimum absolute atomic E-state index is 0.540. The van der Waals surface area contributed by atoms with Crippen LogP contribution in [0.4, 0.5) is 5.69 Å². The molecule has 3 aromatic rings. The molecule has 0 saturated carbocycles. The van der Waals surface area contributed by atoms with E-state index in [-0.39, 0.29) is 0 Å². The third kappa shape index (κ3) is 4.80. The lowest BCUT2D eigenvalue weighted by Crippen LogP contribution is -2.47. The Kier molecular flexibility index (Phi) is 7.54. The van der Waals surface area contributed by atoms with E-state index in [1.807, 2.05) is 33.5 Å². The number of hydrogen-bond acceptors (Lipinski definition) is 7. The molecule has 9 heteroatoms. The highest BCUT2D eigenvalue weighted by atomic mass is 32.1. The van der Waals surface area contributed by atoms with E-state index in [9.17, 15) is 0 Å². The molecule has 1 fully saturated rings. The molecule has 0 radical (unpaired) electrons. The first-order chi connectivity index (χ1) is 16.6. The second-order valence-electron chi connectivity index (χ2n) is 8.00. The quantitative estimate of drug-likeness (QED) is 0.337. The number of benzene rings is 2. The van der Waals surface area contributed by atoms with Crippen molar-refractivity contribution in [3.8, 4) is 28.6 Å². The number of rotatable bonds is 9. The van der Waals surface area contributed by atoms with E-state index in [0.29, 0.717) is 35.2 Å². The number of ether oxygens (including phenoxy) is 3. The Morgan fingerprint density at radius 3 is 2.18 bits per heavy atom. The number of nitrogens with zero attached hydrogens (tertiary/aromatic N) is 5. The van der Waals surface area contributed by atoms with Gasteiger partial charge in [0.05, 0.1) is 28.0 Å². The van der Waals surface area contributed by atoms with Gasteiger partial charge >= 0.3 is 0 Å². The van der Waals surface area contributed by atoms with Crippen LogP contribution >= 0.6 is 12.2 Å². The molecule has 0 spiro atoms. The van der Waals surface area contributed by atoms with Gasteiger partial charge in [0.2, 0.25) is 5.75 Å². The van der Waals surface area contributed by atoms with Crippen LogP contribution in [0.5, 0.6) is 17.2 Å². The summed E-state index contributed by atoms with van der Waals surface area (Å²) in [4.78, 5) is 4.78. The van der Waals surface area contributed by atoms with Gasteiger partial charge in [-0.05, 0) is 36.5 Å². The van der Waals surface area contributed by atoms with Gasteiger partial charge in [-0.25, -0.2) is 4.68 Å². The van der Waals surface area contributed by atoms with E-state index in [2.05, 4.69) is 40.6 Å². The Balaban J connectivity index is 1.59. The number of aromatic nitrogens is 3. The van der Waals surface area contributed by atoms with Crippen LogP contribution in [0.3, 0.4) is 0 Å². The normalized spacial score (nSPS) is 14.1. The second kappa shape index (κ2) is 10.8. The first-order valence-corrected chi connectivity index (χ1v) is 11.6. The lowest BCUT2D eigenvalue weighted by atomic mass is 10.1. The van der Waals surface area contributed by atoms with Crippen LogP contribution in [-0.4, -0.2) is 66.8 Å². The molecule has 1 aromatic heterocycles. The summed E-state index contributed by atoms with van der Waals surface area (Å²) in [6, 6.07) is 14.3. The molecule has 2 aromatic carbocycles. The summed E-state index contributed by atoms with van der Waals surface area (Å²) in [5.41, 5.74) is 2.09. The molecule has 2 heterocycles. The zero-order chi connectivity index (χ0) is 24.1. The molecule has 1 saturated heterocycles. The first kappa shape index (κ1) is 23.8. The van der Waals surface area contributed by atoms with Gasteiger partial charge < -0.3 is 19.1 Å². The van der Waals surface area contributed by atoms with Gasteiger partial charge in [0.1, 0.15) is 0 Å². The Bertz CT molecular complexity index is 1160. The van der Waals surface area contributed by atoms with E-state index < -0.39 is 0 Å². The van der Waals surface area contributed by atoms with Gasteiger partial charge in [0.25, 0.3) is 0 Å². The monoisotopic (exact) mass is 481 g/mol. The van der Waals surface area contributed by atoms with Crippen molar-refractivity contribution in [1.29, 1.82) is 0 Å². The number of para-hydroxylation sites is 1. The predicted molar refractivity (Wildman–Crippen MR) is 137 cm³/mol. The summed E-state index contributed by atoms with van der Waals surface area (Å²) in [6.07, 6.45) is 1.82. The van der Waals surface area contributed by atoms with Crippen LogP contribution in [0.1, 0.15) is 0 Å². The molecule has 0 aliphatic carbocycles. The topological polar surface area (TPSA) is 56.9 Å². The van der Waals surface area contributed by atoms with Crippen molar-refractivity contribution in [2.75, 3.05) is 52.4 Å². The summed E-state index contributed by atoms with van der Waals surface area (Å²) in [5, 5.41) is 4.90. The molecule has 1 aliphatic heterocycles. The lowest BCUT2D eigenvalue weighted by molar-refractivity contribution is 0.194. The third-order valence-corrected chi connectivity index (χ3v) is 6.42. The molecule has 1 aliphatic rings. The molecule has 180 valence electrons. The minimum Gasteiger partial charge on any atom is -0.493 e. The van der Waals surface area contributed by atoms with Crippen LogP contribution in [-0.2, 0) is 13.2 Å². The Morgan fingerprint density at radius 2 is 1.62 bits per heavy atom. The van der Waals surface area contributed by atoms with Crippen LogP contribution < -0.4 is 19.1 Å². The number of anilines is 1. The van der Waals surface area contributed by atoms with Gasteiger partial charge in [-0.15, -0.1) is 6.58 Å². The van der Waals surface area contributed by atoms with Crippen molar-refractivity contribution in [1.82, 2.24) is 19.2 Å². The van der Waals surface area contributed by atoms with Gasteiger partial charge in [0.15, 0.2) is 22.1 Å². The van der Waals surface area contributed by atoms with Crippen molar-refractivity contribution < 1.29 is 14.2 Å². The van der Waals surface area contributed by atoms with Crippen molar-refractivity contribution in [3.63, 3.8) is 0 Å². The maximum Gasteiger partial charge on any atom is 0.203 e. The molecule has 0 N–H and O–H groups in total. The fourth-order valence-corrected chi connectivity index (χ4v) is 4.49. The highest BCUT2D eigenvalue weighted by molar-refractivity contribution is 7.71. The molecular formula is C25H31N5O3S. The minimum atomic E-state index is 0.540. The van der Waals surface area contributed by atoms with Crippen LogP contribution in [0, 0.1) is 4.77 Å². The molecule has 8 nitrogen and oxygen atoms in total. The Hall–Kier alpha value is -3.30. The van der Waals surface area contributed by atoms with Crippen LogP contribution in [0.25, 0.3) is 11.4 Å². The zero-order valence-corrected chi connectivity index (χ0v) is 20.8. The zero-order valence-electron chi connectivity index (χ0n) is 19.9. The van der Waals surface area contributed by atoms with Gasteiger partial charge in [0, 0.05) is 44.0 Å². The lowest BCUT2D eigenvalue weighted by Gasteiger charge is -2.35. The number of hydrogen-bond donors (Lipinski definition) is 0. The number of piperazine rings is 1. The number of methoxy groups -OCH3 is 3. The molecule has 0 unspecified atom stereocenters. The molecule has 34 heavy (non-hydrogen) atoms. The smallest absolute Gasteiger partial charge is 0.203 e. The predicted octanol–water partition coefficient (Wildman–Crippen LogP) is 4.07. The summed E-state index contributed by atoms with van der Waals surface area (Å²) >= 11 is 5.81. The fraction of sp³-hybridized carbons (Fsp3) is 0.360. The SMILES string of the molecule is C=CCn1c(-c2cc(OC)c(OC)c(OC)c2)nn(CN2CCN(c3ccccc3)CC2)c1=S. The van der Waals surface area contributed by atoms with E-state index in [1.165, 1.54) is 5.69 Å². The first-order valence-electron chi connectivity index (χ1n) is 11.2. The maximum atomic E-state index is 5.81. The van der Waals surface area contributed by atoms with Gasteiger partial charge in [-0.2, -0.15) is 5.10 Å². The maximum absolute atomic E-state index is 5.81. The van der Waals surface area contributed by atoms with E-state index >= 15 is 0 Å². The standard InChI is InChI=1S/C25H31N5O3S/c1-5-11-29-24(19-16-21(31-2)23(33-4)22(17-19)32-3)26-30(25(29)34)18-27-12-14-28(15-13-27)20-9-7-6-8-10-20/h5-10,16-17H,1,11-15,18H2,2-4H3. The fourth-order valence-electron chi connectivity index (χ4n) is 4.23. The van der Waals surface area contributed by atoms with E-state index in [4.69, 9.17) is 31.5 Å². The average molecular weight is 482 g/mol. The molecule has 0 atom stereocenters. The Morgan fingerprint density at radius 1 is 0.971 bits per heavy atom. The van der Waals surface area contributed by atoms with Gasteiger partial charge in [-0.3, -0.25) is 9.47 Å². The van der Waals surface area contributed by atoms with Crippen molar-refractivity contribution >= 4 is 17.9 Å². The van der Waals surface area contributed by atoms with Gasteiger partial charge in [-0.1, -0.05) is 24.3 Å². The van der Waals surface area contributed by atoms with Crippen LogP contribution in [0.2, 0.25) is 0 Å². The highest BCUT2D eigenvalue weighted by Gasteiger charge is 2.21. The highest BCUT2D eigenvalue weighted by Crippen LogP contribution is 2.41. The van der Waals surface area contributed by atoms with E-state index in [1.54, 1.807) is 21.3 Å². The summed E-state index contributed by atoms with van der Waals surface area (Å²) in [6.45, 7) is 8.87. The summed E-state index contributed by atoms with van der Waals surface area (Å²) < 4.78 is 21.1.